The van der Waals surface area contributed by atoms with E-state index in [0.29, 0.717) is 25.2 Å². The highest BCUT2D eigenvalue weighted by molar-refractivity contribution is 5.94. The fourth-order valence-electron chi connectivity index (χ4n) is 3.71. The normalized spacial score (nSPS) is 16.0. The van der Waals surface area contributed by atoms with E-state index in [-0.39, 0.29) is 36.5 Å². The molecule has 1 fully saturated rings. The number of carbonyl (C=O) groups is 3. The van der Waals surface area contributed by atoms with Gasteiger partial charge in [0.25, 0.3) is 5.91 Å². The number of rotatable bonds is 7. The summed E-state index contributed by atoms with van der Waals surface area (Å²) in [7, 11) is 1.32. The second-order valence-corrected chi connectivity index (χ2v) is 7.58. The average Bonchev–Trinajstić information content (AvgIpc) is 2.81. The van der Waals surface area contributed by atoms with Gasteiger partial charge in [0, 0.05) is 31.6 Å². The van der Waals surface area contributed by atoms with Crippen LogP contribution in [0.1, 0.15) is 36.0 Å². The third-order valence-electron chi connectivity index (χ3n) is 5.45. The summed E-state index contributed by atoms with van der Waals surface area (Å²) < 4.78 is 4.59. The van der Waals surface area contributed by atoms with Gasteiger partial charge in [-0.2, -0.15) is 0 Å². The standard InChI is InChI=1S/C24H28N2O4/c1-30-23(28)14-13-22(27)26-15-5-6-18(17-26)16-25-24(29)21-11-9-20(10-12-21)19-7-3-2-4-8-19/h2-4,7-12,18H,5-6,13-17H2,1H3,(H,25,29). The fourth-order valence-corrected chi connectivity index (χ4v) is 3.71. The van der Waals surface area contributed by atoms with Crippen LogP contribution in [0.25, 0.3) is 11.1 Å². The first-order valence-electron chi connectivity index (χ1n) is 10.3. The summed E-state index contributed by atoms with van der Waals surface area (Å²) in [5.41, 5.74) is 2.81. The van der Waals surface area contributed by atoms with Gasteiger partial charge in [-0.1, -0.05) is 42.5 Å². The number of methoxy groups -OCH3 is 1. The van der Waals surface area contributed by atoms with Crippen molar-refractivity contribution in [3.63, 3.8) is 0 Å². The molecule has 158 valence electrons. The molecule has 0 radical (unpaired) electrons. The maximum Gasteiger partial charge on any atom is 0.306 e. The van der Waals surface area contributed by atoms with Gasteiger partial charge in [-0.3, -0.25) is 14.4 Å². The van der Waals surface area contributed by atoms with Crippen molar-refractivity contribution in [3.8, 4) is 11.1 Å². The van der Waals surface area contributed by atoms with Crippen molar-refractivity contribution >= 4 is 17.8 Å². The number of amides is 2. The summed E-state index contributed by atoms with van der Waals surface area (Å²) >= 11 is 0. The Morgan fingerprint density at radius 1 is 1.00 bits per heavy atom. The van der Waals surface area contributed by atoms with E-state index < -0.39 is 0 Å². The molecule has 2 aromatic rings. The van der Waals surface area contributed by atoms with Crippen LogP contribution in [0.3, 0.4) is 0 Å². The summed E-state index contributed by atoms with van der Waals surface area (Å²) in [5.74, 6) is -0.299. The number of benzene rings is 2. The van der Waals surface area contributed by atoms with E-state index in [1.54, 1.807) is 4.90 Å². The van der Waals surface area contributed by atoms with Crippen LogP contribution in [-0.2, 0) is 14.3 Å². The first-order valence-corrected chi connectivity index (χ1v) is 10.3. The number of nitrogens with one attached hydrogen (secondary N) is 1. The molecule has 0 aromatic heterocycles. The lowest BCUT2D eigenvalue weighted by molar-refractivity contribution is -0.144. The number of piperidine rings is 1. The SMILES string of the molecule is COC(=O)CCC(=O)N1CCCC(CNC(=O)c2ccc(-c3ccccc3)cc2)C1. The Labute approximate surface area is 177 Å². The molecule has 1 heterocycles. The van der Waals surface area contributed by atoms with Crippen LogP contribution in [0, 0.1) is 5.92 Å². The molecule has 2 amide bonds. The van der Waals surface area contributed by atoms with Gasteiger partial charge in [0.1, 0.15) is 0 Å². The van der Waals surface area contributed by atoms with Gasteiger partial charge < -0.3 is 15.0 Å². The van der Waals surface area contributed by atoms with Crippen molar-refractivity contribution in [1.29, 1.82) is 0 Å². The van der Waals surface area contributed by atoms with Crippen molar-refractivity contribution in [2.24, 2.45) is 5.92 Å². The molecule has 30 heavy (non-hydrogen) atoms. The zero-order valence-electron chi connectivity index (χ0n) is 17.3. The van der Waals surface area contributed by atoms with Crippen molar-refractivity contribution in [2.75, 3.05) is 26.7 Å². The number of hydrogen-bond donors (Lipinski definition) is 1. The number of esters is 1. The molecule has 1 N–H and O–H groups in total. The Hall–Kier alpha value is -3.15. The second kappa shape index (κ2) is 10.6. The lowest BCUT2D eigenvalue weighted by Gasteiger charge is -2.33. The topological polar surface area (TPSA) is 75.7 Å². The minimum absolute atomic E-state index is 0.0343. The Morgan fingerprint density at radius 3 is 2.40 bits per heavy atom. The molecule has 0 aliphatic carbocycles. The van der Waals surface area contributed by atoms with E-state index >= 15 is 0 Å². The largest absolute Gasteiger partial charge is 0.469 e. The molecule has 1 atom stereocenters. The molecular weight excluding hydrogens is 380 g/mol. The number of nitrogens with zero attached hydrogens (tertiary/aromatic N) is 1. The molecule has 1 aliphatic heterocycles. The highest BCUT2D eigenvalue weighted by Gasteiger charge is 2.24. The summed E-state index contributed by atoms with van der Waals surface area (Å²) in [5, 5.41) is 3.00. The van der Waals surface area contributed by atoms with Crippen LogP contribution >= 0.6 is 0 Å². The average molecular weight is 408 g/mol. The monoisotopic (exact) mass is 408 g/mol. The quantitative estimate of drug-likeness (QED) is 0.714. The molecule has 1 aliphatic rings. The number of carbonyl (C=O) groups excluding carboxylic acids is 3. The summed E-state index contributed by atoms with van der Waals surface area (Å²) in [4.78, 5) is 37.8. The van der Waals surface area contributed by atoms with E-state index in [0.717, 1.165) is 24.0 Å². The Morgan fingerprint density at radius 2 is 1.70 bits per heavy atom. The number of hydrogen-bond acceptors (Lipinski definition) is 4. The van der Waals surface area contributed by atoms with Crippen molar-refractivity contribution in [2.45, 2.75) is 25.7 Å². The van der Waals surface area contributed by atoms with Gasteiger partial charge >= 0.3 is 5.97 Å². The molecule has 3 rings (SSSR count). The van der Waals surface area contributed by atoms with Gasteiger partial charge in [-0.15, -0.1) is 0 Å². The van der Waals surface area contributed by atoms with Gasteiger partial charge in [-0.25, -0.2) is 0 Å². The Bertz CT molecular complexity index is 865. The lowest BCUT2D eigenvalue weighted by atomic mass is 9.97. The van der Waals surface area contributed by atoms with E-state index in [1.165, 1.54) is 7.11 Å². The van der Waals surface area contributed by atoms with Crippen LogP contribution in [0.2, 0.25) is 0 Å². The van der Waals surface area contributed by atoms with Gasteiger partial charge in [0.15, 0.2) is 0 Å². The smallest absolute Gasteiger partial charge is 0.306 e. The minimum Gasteiger partial charge on any atom is -0.469 e. The maximum atomic E-state index is 12.5. The molecular formula is C24H28N2O4. The van der Waals surface area contributed by atoms with Crippen molar-refractivity contribution < 1.29 is 19.1 Å². The summed E-state index contributed by atoms with van der Waals surface area (Å²) in [6, 6.07) is 17.6. The van der Waals surface area contributed by atoms with Crippen molar-refractivity contribution in [1.82, 2.24) is 10.2 Å². The van der Waals surface area contributed by atoms with E-state index in [9.17, 15) is 14.4 Å². The van der Waals surface area contributed by atoms with Gasteiger partial charge in [0.05, 0.1) is 13.5 Å². The predicted octanol–water partition coefficient (Wildman–Crippen LogP) is 3.28. The third kappa shape index (κ3) is 5.92. The zero-order chi connectivity index (χ0) is 21.3. The first kappa shape index (κ1) is 21.6. The second-order valence-electron chi connectivity index (χ2n) is 7.58. The van der Waals surface area contributed by atoms with E-state index in [4.69, 9.17) is 0 Å². The Kier molecular flexibility index (Phi) is 7.60. The number of likely N-dealkylation sites (tertiary alicyclic amines) is 1. The lowest BCUT2D eigenvalue weighted by Crippen LogP contribution is -2.43. The Balaban J connectivity index is 1.48. The molecule has 6 heteroatoms. The van der Waals surface area contributed by atoms with Crippen LogP contribution in [0.4, 0.5) is 0 Å². The van der Waals surface area contributed by atoms with Crippen LogP contribution < -0.4 is 5.32 Å². The van der Waals surface area contributed by atoms with Crippen LogP contribution in [0.15, 0.2) is 54.6 Å². The maximum absolute atomic E-state index is 12.5. The zero-order valence-corrected chi connectivity index (χ0v) is 17.3. The third-order valence-corrected chi connectivity index (χ3v) is 5.45. The molecule has 6 nitrogen and oxygen atoms in total. The van der Waals surface area contributed by atoms with Gasteiger partial charge in [-0.05, 0) is 42.0 Å². The number of ether oxygens (including phenoxy) is 1. The van der Waals surface area contributed by atoms with E-state index in [1.807, 2.05) is 54.6 Å². The molecule has 0 spiro atoms. The predicted molar refractivity (Wildman–Crippen MR) is 115 cm³/mol. The molecule has 2 aromatic carbocycles. The fraction of sp³-hybridized carbons (Fsp3) is 0.375. The molecule has 1 unspecified atom stereocenters. The summed E-state index contributed by atoms with van der Waals surface area (Å²) in [6.07, 6.45) is 2.13. The summed E-state index contributed by atoms with van der Waals surface area (Å²) in [6.45, 7) is 1.83. The van der Waals surface area contributed by atoms with Gasteiger partial charge in [0.2, 0.25) is 5.91 Å². The molecule has 1 saturated heterocycles. The van der Waals surface area contributed by atoms with Crippen LogP contribution in [-0.4, -0.2) is 49.4 Å². The first-order chi connectivity index (χ1) is 14.6. The highest BCUT2D eigenvalue weighted by atomic mass is 16.5. The molecule has 0 saturated carbocycles. The van der Waals surface area contributed by atoms with E-state index in [2.05, 4.69) is 10.1 Å². The minimum atomic E-state index is -0.373. The van der Waals surface area contributed by atoms with Crippen molar-refractivity contribution in [3.05, 3.63) is 60.2 Å². The molecule has 0 bridgehead atoms. The van der Waals surface area contributed by atoms with Crippen LogP contribution in [0.5, 0.6) is 0 Å². The highest BCUT2D eigenvalue weighted by Crippen LogP contribution is 2.20.